The monoisotopic (exact) mass is 471 g/mol. The number of aryl methyl sites for hydroxylation is 1. The van der Waals surface area contributed by atoms with Gasteiger partial charge in [-0.05, 0) is 52.0 Å². The number of hydrogen-bond acceptors (Lipinski definition) is 7. The van der Waals surface area contributed by atoms with Crippen LogP contribution in [0, 0.1) is 0 Å². The number of rotatable bonds is 8. The lowest BCUT2D eigenvalue weighted by Gasteiger charge is -2.22. The van der Waals surface area contributed by atoms with Crippen LogP contribution in [0.25, 0.3) is 0 Å². The molecule has 1 aromatic carbocycles. The van der Waals surface area contributed by atoms with Gasteiger partial charge in [0.1, 0.15) is 18.2 Å². The Morgan fingerprint density at radius 1 is 1.24 bits per heavy atom. The molecule has 9 nitrogen and oxygen atoms in total. The summed E-state index contributed by atoms with van der Waals surface area (Å²) in [5, 5.41) is 6.49. The molecule has 1 N–H and O–H groups in total. The number of hydrogen-bond donors (Lipinski definition) is 1. The van der Waals surface area contributed by atoms with E-state index < -0.39 is 29.5 Å². The minimum Gasteiger partial charge on any atom is -0.459 e. The highest BCUT2D eigenvalue weighted by molar-refractivity contribution is 5.81. The molecule has 1 unspecified atom stereocenters. The number of amides is 1. The van der Waals surface area contributed by atoms with Crippen LogP contribution in [0.1, 0.15) is 70.3 Å². The van der Waals surface area contributed by atoms with Gasteiger partial charge >= 0.3 is 17.8 Å². The fourth-order valence-corrected chi connectivity index (χ4v) is 3.81. The van der Waals surface area contributed by atoms with Gasteiger partial charge in [0.05, 0.1) is 0 Å². The summed E-state index contributed by atoms with van der Waals surface area (Å²) < 4.78 is 17.2. The van der Waals surface area contributed by atoms with Crippen molar-refractivity contribution in [1.82, 2.24) is 15.0 Å². The lowest BCUT2D eigenvalue weighted by atomic mass is 10.1. The van der Waals surface area contributed by atoms with Crippen molar-refractivity contribution in [2.45, 2.75) is 83.6 Å². The fraction of sp³-hybridized carbons (Fsp3) is 0.520. The van der Waals surface area contributed by atoms with Gasteiger partial charge in [0.2, 0.25) is 0 Å². The van der Waals surface area contributed by atoms with E-state index in [1.165, 1.54) is 0 Å². The SMILES string of the molecule is CC(C)(C)OC(=O)N[C@@H](CC=CCC1CCCCc2noc(=O)n21)C(=O)OCc1ccccc1. The molecule has 0 radical (unpaired) electrons. The molecule has 0 saturated heterocycles. The fourth-order valence-electron chi connectivity index (χ4n) is 3.81. The maximum atomic E-state index is 12.7. The molecule has 0 saturated carbocycles. The predicted molar refractivity (Wildman–Crippen MR) is 125 cm³/mol. The standard InChI is InChI=1S/C25H33N3O6/c1-25(2,3)33-23(30)26-20(22(29)32-17-18-11-5-4-6-12-18)15-9-7-13-19-14-8-10-16-21-27-34-24(31)28(19)21/h4-7,9,11-12,19-20H,8,10,13-17H2,1-3H3,(H,26,30)/t19?,20-/m0/s1. The number of fused-ring (bicyclic) bond motifs is 1. The average Bonchev–Trinajstić information content (AvgIpc) is 3.02. The Hall–Kier alpha value is -3.36. The minimum atomic E-state index is -0.905. The largest absolute Gasteiger partial charge is 0.459 e. The van der Waals surface area contributed by atoms with E-state index in [-0.39, 0.29) is 19.1 Å². The second-order valence-corrected chi connectivity index (χ2v) is 9.37. The number of aromatic nitrogens is 2. The lowest BCUT2D eigenvalue weighted by molar-refractivity contribution is -0.147. The molecule has 0 spiro atoms. The van der Waals surface area contributed by atoms with Gasteiger partial charge in [-0.2, -0.15) is 0 Å². The van der Waals surface area contributed by atoms with Crippen LogP contribution in [-0.4, -0.2) is 33.4 Å². The van der Waals surface area contributed by atoms with E-state index in [2.05, 4.69) is 10.5 Å². The van der Waals surface area contributed by atoms with E-state index >= 15 is 0 Å². The van der Waals surface area contributed by atoms with Gasteiger partial charge in [-0.1, -0.05) is 54.1 Å². The van der Waals surface area contributed by atoms with Crippen molar-refractivity contribution < 1.29 is 23.6 Å². The molecule has 184 valence electrons. The van der Waals surface area contributed by atoms with Gasteiger partial charge in [0.25, 0.3) is 0 Å². The van der Waals surface area contributed by atoms with Crippen LogP contribution in [0.2, 0.25) is 0 Å². The van der Waals surface area contributed by atoms with E-state index in [4.69, 9.17) is 14.0 Å². The van der Waals surface area contributed by atoms with Crippen LogP contribution in [-0.2, 0) is 27.3 Å². The third-order valence-corrected chi connectivity index (χ3v) is 5.40. The molecule has 34 heavy (non-hydrogen) atoms. The van der Waals surface area contributed by atoms with Gasteiger partial charge in [0.15, 0.2) is 5.82 Å². The van der Waals surface area contributed by atoms with Gasteiger partial charge in [-0.3, -0.25) is 9.09 Å². The summed E-state index contributed by atoms with van der Waals surface area (Å²) >= 11 is 0. The van der Waals surface area contributed by atoms with E-state index in [0.717, 1.165) is 31.2 Å². The molecule has 1 aliphatic rings. The number of nitrogens with one attached hydrogen (secondary N) is 1. The lowest BCUT2D eigenvalue weighted by Crippen LogP contribution is -2.44. The van der Waals surface area contributed by atoms with Crippen LogP contribution in [0.3, 0.4) is 0 Å². The van der Waals surface area contributed by atoms with Crippen LogP contribution in [0.15, 0.2) is 51.8 Å². The molecule has 0 bridgehead atoms. The molecule has 2 heterocycles. The van der Waals surface area contributed by atoms with E-state index in [0.29, 0.717) is 12.2 Å². The zero-order valence-corrected chi connectivity index (χ0v) is 20.0. The van der Waals surface area contributed by atoms with Crippen molar-refractivity contribution in [3.8, 4) is 0 Å². The molecule has 2 aromatic rings. The number of carbonyl (C=O) groups excluding carboxylic acids is 2. The molecule has 1 amide bonds. The highest BCUT2D eigenvalue weighted by atomic mass is 16.6. The van der Waals surface area contributed by atoms with Crippen molar-refractivity contribution in [1.29, 1.82) is 0 Å². The topological polar surface area (TPSA) is 113 Å². The molecule has 0 aliphatic carbocycles. The molecule has 9 heteroatoms. The second-order valence-electron chi connectivity index (χ2n) is 9.37. The molecule has 1 aliphatic heterocycles. The first-order valence-corrected chi connectivity index (χ1v) is 11.6. The molecular weight excluding hydrogens is 438 g/mol. The summed E-state index contributed by atoms with van der Waals surface area (Å²) in [6, 6.07) is 8.37. The Balaban J connectivity index is 1.62. The van der Waals surface area contributed by atoms with Crippen molar-refractivity contribution >= 4 is 12.1 Å². The maximum Gasteiger partial charge on any atom is 0.441 e. The van der Waals surface area contributed by atoms with Crippen LogP contribution < -0.4 is 11.1 Å². The highest BCUT2D eigenvalue weighted by Gasteiger charge is 2.25. The smallest absolute Gasteiger partial charge is 0.441 e. The Morgan fingerprint density at radius 2 is 2.00 bits per heavy atom. The molecular formula is C25H33N3O6. The Kier molecular flexibility index (Phi) is 8.67. The Labute approximate surface area is 199 Å². The van der Waals surface area contributed by atoms with Crippen molar-refractivity contribution in [2.24, 2.45) is 0 Å². The normalized spacial score (nSPS) is 17.0. The first kappa shape index (κ1) is 25.3. The zero-order chi connectivity index (χ0) is 24.6. The minimum absolute atomic E-state index is 0.0465. The van der Waals surface area contributed by atoms with Gasteiger partial charge < -0.3 is 14.8 Å². The predicted octanol–water partition coefficient (Wildman–Crippen LogP) is 4.08. The zero-order valence-electron chi connectivity index (χ0n) is 20.0. The third kappa shape index (κ3) is 7.60. The van der Waals surface area contributed by atoms with Crippen molar-refractivity contribution in [3.63, 3.8) is 0 Å². The van der Waals surface area contributed by atoms with Gasteiger partial charge in [0, 0.05) is 12.5 Å². The number of carbonyl (C=O) groups is 2. The summed E-state index contributed by atoms with van der Waals surface area (Å²) in [4.78, 5) is 37.1. The number of ether oxygens (including phenoxy) is 2. The summed E-state index contributed by atoms with van der Waals surface area (Å²) in [5.74, 6) is -0.314. The van der Waals surface area contributed by atoms with Crippen LogP contribution in [0.4, 0.5) is 4.79 Å². The number of alkyl carbamates (subject to hydrolysis) is 1. The van der Waals surface area contributed by atoms with Crippen molar-refractivity contribution in [2.75, 3.05) is 0 Å². The Morgan fingerprint density at radius 3 is 2.74 bits per heavy atom. The second kappa shape index (κ2) is 11.7. The van der Waals surface area contributed by atoms with Crippen molar-refractivity contribution in [3.05, 3.63) is 64.4 Å². The molecule has 0 fully saturated rings. The quantitative estimate of drug-likeness (QED) is 0.456. The maximum absolute atomic E-state index is 12.7. The third-order valence-electron chi connectivity index (χ3n) is 5.40. The first-order chi connectivity index (χ1) is 16.2. The number of allylic oxidation sites excluding steroid dienone is 1. The van der Waals surface area contributed by atoms with E-state index in [1.54, 1.807) is 25.3 Å². The average molecular weight is 472 g/mol. The number of benzene rings is 1. The summed E-state index contributed by atoms with van der Waals surface area (Å²) in [7, 11) is 0. The summed E-state index contributed by atoms with van der Waals surface area (Å²) in [6.07, 6.45) is 7.38. The first-order valence-electron chi connectivity index (χ1n) is 11.6. The molecule has 2 atom stereocenters. The van der Waals surface area contributed by atoms with E-state index in [1.807, 2.05) is 42.5 Å². The summed E-state index contributed by atoms with van der Waals surface area (Å²) in [5.41, 5.74) is 0.160. The molecule has 1 aromatic heterocycles. The van der Waals surface area contributed by atoms with Crippen LogP contribution in [0.5, 0.6) is 0 Å². The highest BCUT2D eigenvalue weighted by Crippen LogP contribution is 2.24. The summed E-state index contributed by atoms with van der Waals surface area (Å²) in [6.45, 7) is 5.37. The van der Waals surface area contributed by atoms with Crippen LogP contribution >= 0.6 is 0 Å². The van der Waals surface area contributed by atoms with Gasteiger partial charge in [-0.25, -0.2) is 14.4 Å². The number of nitrogens with zero attached hydrogens (tertiary/aromatic N) is 2. The Bertz CT molecular complexity index is 1030. The van der Waals surface area contributed by atoms with E-state index in [9.17, 15) is 14.4 Å². The number of esters is 1. The van der Waals surface area contributed by atoms with Gasteiger partial charge in [-0.15, -0.1) is 0 Å². The molecule has 3 rings (SSSR count).